The van der Waals surface area contributed by atoms with E-state index < -0.39 is 0 Å². The van der Waals surface area contributed by atoms with Gasteiger partial charge in [0.1, 0.15) is 12.2 Å². The molecule has 2 aromatic rings. The first-order valence-corrected chi connectivity index (χ1v) is 10.4. The van der Waals surface area contributed by atoms with Crippen molar-refractivity contribution >= 4 is 29.9 Å². The normalized spacial score (nSPS) is 11.4. The molecule has 1 heterocycles. The van der Waals surface area contributed by atoms with E-state index in [1.54, 1.807) is 6.33 Å². The largest absolute Gasteiger partial charge is 0.357 e. The quantitative estimate of drug-likeness (QED) is 0.275. The van der Waals surface area contributed by atoms with Gasteiger partial charge in [0.05, 0.1) is 6.54 Å². The average Bonchev–Trinajstić information content (AvgIpc) is 3.18. The molecule has 0 saturated carbocycles. The Balaban J connectivity index is 0.00000420. The minimum absolute atomic E-state index is 0. The molecule has 0 aliphatic rings. The molecule has 0 amide bonds. The zero-order chi connectivity index (χ0) is 20.2. The van der Waals surface area contributed by atoms with Crippen LogP contribution in [0.4, 0.5) is 0 Å². The third-order valence-corrected chi connectivity index (χ3v) is 4.71. The Kier molecular flexibility index (Phi) is 12.5. The number of halogens is 1. The van der Waals surface area contributed by atoms with Gasteiger partial charge < -0.3 is 15.2 Å². The van der Waals surface area contributed by atoms with E-state index in [1.807, 2.05) is 0 Å². The molecular formula is C21H36IN7. The molecule has 7 nitrogen and oxygen atoms in total. The van der Waals surface area contributed by atoms with Crippen molar-refractivity contribution in [3.05, 3.63) is 47.5 Å². The van der Waals surface area contributed by atoms with Crippen LogP contribution in [0.25, 0.3) is 0 Å². The van der Waals surface area contributed by atoms with Gasteiger partial charge in [-0.05, 0) is 31.1 Å². The lowest BCUT2D eigenvalue weighted by Crippen LogP contribution is -2.38. The highest BCUT2D eigenvalue weighted by Crippen LogP contribution is 2.09. The van der Waals surface area contributed by atoms with E-state index >= 15 is 0 Å². The van der Waals surface area contributed by atoms with Crippen LogP contribution in [-0.4, -0.2) is 51.8 Å². The van der Waals surface area contributed by atoms with Crippen molar-refractivity contribution in [1.29, 1.82) is 0 Å². The van der Waals surface area contributed by atoms with E-state index in [4.69, 9.17) is 4.99 Å². The Labute approximate surface area is 192 Å². The summed E-state index contributed by atoms with van der Waals surface area (Å²) in [7, 11) is 0. The van der Waals surface area contributed by atoms with Crippen LogP contribution in [0.2, 0.25) is 0 Å². The van der Waals surface area contributed by atoms with Crippen LogP contribution in [0, 0.1) is 0 Å². The molecule has 29 heavy (non-hydrogen) atoms. The predicted molar refractivity (Wildman–Crippen MR) is 131 cm³/mol. The van der Waals surface area contributed by atoms with E-state index in [2.05, 4.69) is 82.3 Å². The highest BCUT2D eigenvalue weighted by molar-refractivity contribution is 14.0. The van der Waals surface area contributed by atoms with Crippen LogP contribution in [-0.2, 0) is 26.1 Å². The first kappa shape index (κ1) is 25.4. The number of hydrogen-bond acceptors (Lipinski definition) is 4. The minimum atomic E-state index is 0. The van der Waals surface area contributed by atoms with Crippen LogP contribution in [0.3, 0.4) is 0 Å². The molecule has 2 N–H and O–H groups in total. The van der Waals surface area contributed by atoms with Gasteiger partial charge >= 0.3 is 0 Å². The van der Waals surface area contributed by atoms with Crippen molar-refractivity contribution in [3.8, 4) is 0 Å². The second-order valence-corrected chi connectivity index (χ2v) is 6.70. The first-order chi connectivity index (χ1) is 13.7. The molecule has 0 fully saturated rings. The first-order valence-electron chi connectivity index (χ1n) is 10.4. The summed E-state index contributed by atoms with van der Waals surface area (Å²) in [5.41, 5.74) is 2.57. The number of guanidine groups is 1. The molecule has 162 valence electrons. The number of nitrogens with one attached hydrogen (secondary N) is 2. The average molecular weight is 513 g/mol. The van der Waals surface area contributed by atoms with Gasteiger partial charge in [-0.3, -0.25) is 4.90 Å². The zero-order valence-electron chi connectivity index (χ0n) is 18.2. The molecule has 1 aromatic carbocycles. The summed E-state index contributed by atoms with van der Waals surface area (Å²) in [4.78, 5) is 7.17. The van der Waals surface area contributed by atoms with Crippen LogP contribution < -0.4 is 10.6 Å². The number of rotatable bonds is 11. The molecule has 0 saturated heterocycles. The van der Waals surface area contributed by atoms with E-state index in [-0.39, 0.29) is 24.0 Å². The van der Waals surface area contributed by atoms with E-state index in [9.17, 15) is 0 Å². The summed E-state index contributed by atoms with van der Waals surface area (Å²) in [5, 5.41) is 14.8. The summed E-state index contributed by atoms with van der Waals surface area (Å²) in [6.45, 7) is 14.8. The highest BCUT2D eigenvalue weighted by atomic mass is 127. The van der Waals surface area contributed by atoms with Gasteiger partial charge in [-0.25, -0.2) is 4.99 Å². The highest BCUT2D eigenvalue weighted by Gasteiger charge is 2.04. The summed E-state index contributed by atoms with van der Waals surface area (Å²) >= 11 is 0. The second kappa shape index (κ2) is 14.3. The van der Waals surface area contributed by atoms with Gasteiger partial charge in [-0.2, -0.15) is 0 Å². The Bertz CT molecular complexity index is 725. The topological polar surface area (TPSA) is 70.4 Å². The molecule has 0 atom stereocenters. The molecule has 0 radical (unpaired) electrons. The fourth-order valence-corrected chi connectivity index (χ4v) is 3.08. The van der Waals surface area contributed by atoms with Gasteiger partial charge in [-0.15, -0.1) is 34.2 Å². The van der Waals surface area contributed by atoms with E-state index in [0.717, 1.165) is 57.5 Å². The molecule has 1 aromatic heterocycles. The monoisotopic (exact) mass is 513 g/mol. The van der Waals surface area contributed by atoms with Crippen molar-refractivity contribution in [1.82, 2.24) is 30.3 Å². The molecule has 2 rings (SSSR count). The molecule has 0 aliphatic carbocycles. The van der Waals surface area contributed by atoms with Crippen molar-refractivity contribution in [2.45, 2.75) is 53.8 Å². The fourth-order valence-electron chi connectivity index (χ4n) is 3.08. The molecular weight excluding hydrogens is 477 g/mol. The summed E-state index contributed by atoms with van der Waals surface area (Å²) in [6.07, 6.45) is 2.67. The third kappa shape index (κ3) is 8.69. The van der Waals surface area contributed by atoms with Crippen LogP contribution in [0.15, 0.2) is 35.6 Å². The molecule has 0 aliphatic heterocycles. The lowest BCUT2D eigenvalue weighted by Gasteiger charge is -2.18. The maximum absolute atomic E-state index is 4.75. The number of aryl methyl sites for hydroxylation is 1. The predicted octanol–water partition coefficient (Wildman–Crippen LogP) is 3.06. The van der Waals surface area contributed by atoms with Crippen molar-refractivity contribution in [2.75, 3.05) is 26.2 Å². The lowest BCUT2D eigenvalue weighted by molar-refractivity contribution is 0.296. The molecule has 0 unspecified atom stereocenters. The van der Waals surface area contributed by atoms with Crippen molar-refractivity contribution < 1.29 is 0 Å². The van der Waals surface area contributed by atoms with E-state index in [1.165, 1.54) is 11.1 Å². The standard InChI is InChI=1S/C21H35N7.HI/c1-5-20-26-25-17-28(20)13-12-23-21(22-6-2)24-15-18-10-9-11-19(14-18)16-27(7-3)8-4;/h9-11,14,17H,5-8,12-13,15-16H2,1-4H3,(H2,22,23,24);1H. The van der Waals surface area contributed by atoms with Gasteiger partial charge in [0.25, 0.3) is 0 Å². The molecule has 8 heteroatoms. The lowest BCUT2D eigenvalue weighted by atomic mass is 10.1. The van der Waals surface area contributed by atoms with Crippen molar-refractivity contribution in [2.24, 2.45) is 4.99 Å². The van der Waals surface area contributed by atoms with Crippen LogP contribution in [0.5, 0.6) is 0 Å². The Morgan fingerprint density at radius 2 is 1.86 bits per heavy atom. The van der Waals surface area contributed by atoms with Gasteiger partial charge in [0.15, 0.2) is 5.96 Å². The molecule has 0 bridgehead atoms. The second-order valence-electron chi connectivity index (χ2n) is 6.70. The number of aromatic nitrogens is 3. The summed E-state index contributed by atoms with van der Waals surface area (Å²) in [6, 6.07) is 8.72. The summed E-state index contributed by atoms with van der Waals surface area (Å²) in [5.74, 6) is 1.84. The third-order valence-electron chi connectivity index (χ3n) is 4.71. The van der Waals surface area contributed by atoms with Crippen molar-refractivity contribution in [3.63, 3.8) is 0 Å². The Morgan fingerprint density at radius 3 is 2.55 bits per heavy atom. The Hall–Kier alpha value is -1.68. The fraction of sp³-hybridized carbons (Fsp3) is 0.571. The number of hydrogen-bond donors (Lipinski definition) is 2. The number of benzene rings is 1. The number of nitrogens with zero attached hydrogens (tertiary/aromatic N) is 5. The Morgan fingerprint density at radius 1 is 1.10 bits per heavy atom. The maximum atomic E-state index is 4.75. The SMILES string of the molecule is CCNC(=NCc1cccc(CN(CC)CC)c1)NCCn1cnnc1CC.I. The van der Waals surface area contributed by atoms with Crippen LogP contribution in [0.1, 0.15) is 44.6 Å². The smallest absolute Gasteiger partial charge is 0.191 e. The van der Waals surface area contributed by atoms with Crippen LogP contribution >= 0.6 is 24.0 Å². The maximum Gasteiger partial charge on any atom is 0.191 e. The number of aliphatic imine (C=N–C) groups is 1. The van der Waals surface area contributed by atoms with Gasteiger partial charge in [0, 0.05) is 32.6 Å². The van der Waals surface area contributed by atoms with Gasteiger partial charge in [0.2, 0.25) is 0 Å². The summed E-state index contributed by atoms with van der Waals surface area (Å²) < 4.78 is 2.08. The minimum Gasteiger partial charge on any atom is -0.357 e. The van der Waals surface area contributed by atoms with E-state index in [0.29, 0.717) is 6.54 Å². The van der Waals surface area contributed by atoms with Gasteiger partial charge in [-0.1, -0.05) is 45.0 Å². The molecule has 0 spiro atoms. The zero-order valence-corrected chi connectivity index (χ0v) is 20.5.